The van der Waals surface area contributed by atoms with Gasteiger partial charge in [0.1, 0.15) is 17.1 Å². The fourth-order valence-electron chi connectivity index (χ4n) is 3.67. The van der Waals surface area contributed by atoms with Crippen molar-refractivity contribution in [1.82, 2.24) is 10.3 Å². The van der Waals surface area contributed by atoms with E-state index in [9.17, 15) is 14.4 Å². The van der Waals surface area contributed by atoms with Gasteiger partial charge < -0.3 is 9.47 Å². The maximum Gasteiger partial charge on any atom is 0.338 e. The van der Waals surface area contributed by atoms with Gasteiger partial charge in [-0.25, -0.2) is 4.79 Å². The number of aromatic nitrogens is 1. The van der Waals surface area contributed by atoms with Crippen molar-refractivity contribution in [2.75, 3.05) is 6.61 Å². The monoisotopic (exact) mass is 490 g/mol. The van der Waals surface area contributed by atoms with Crippen molar-refractivity contribution < 1.29 is 23.9 Å². The van der Waals surface area contributed by atoms with Crippen molar-refractivity contribution in [1.29, 1.82) is 0 Å². The Labute approximate surface area is 208 Å². The average Bonchev–Trinajstić information content (AvgIpc) is 3.13. The van der Waals surface area contributed by atoms with Gasteiger partial charge in [0.15, 0.2) is 6.10 Å². The van der Waals surface area contributed by atoms with Crippen LogP contribution in [0.1, 0.15) is 47.1 Å². The molecule has 180 valence electrons. The van der Waals surface area contributed by atoms with Gasteiger partial charge in [-0.15, -0.1) is 0 Å². The molecule has 1 aliphatic rings. The van der Waals surface area contributed by atoms with Gasteiger partial charge in [-0.3, -0.25) is 19.9 Å². The van der Waals surface area contributed by atoms with E-state index in [1.165, 1.54) is 0 Å². The second kappa shape index (κ2) is 10.7. The maximum absolute atomic E-state index is 12.7. The lowest BCUT2D eigenvalue weighted by atomic mass is 9.99. The summed E-state index contributed by atoms with van der Waals surface area (Å²) in [6.07, 6.45) is 2.35. The molecular formula is C27H26N2O5S. The van der Waals surface area contributed by atoms with Crippen LogP contribution in [0.3, 0.4) is 0 Å². The molecule has 7 nitrogen and oxygen atoms in total. The SMILES string of the molecule is CCc1ccc(C(COc2ccc(CC3(C)SC(=O)NC3=O)cc2)OC(=O)c2ccccc2)nc1. The summed E-state index contributed by atoms with van der Waals surface area (Å²) in [5.74, 6) is -0.145. The quantitative estimate of drug-likeness (QED) is 0.426. The molecule has 4 rings (SSSR count). The first-order valence-corrected chi connectivity index (χ1v) is 12.1. The number of carbonyl (C=O) groups excluding carboxylic acids is 3. The minimum absolute atomic E-state index is 0.0842. The number of esters is 1. The van der Waals surface area contributed by atoms with Gasteiger partial charge in [-0.05, 0) is 73.0 Å². The van der Waals surface area contributed by atoms with E-state index in [1.807, 2.05) is 37.3 Å². The van der Waals surface area contributed by atoms with Gasteiger partial charge in [0, 0.05) is 6.20 Å². The second-order valence-electron chi connectivity index (χ2n) is 8.41. The molecule has 1 aromatic heterocycles. The zero-order chi connectivity index (χ0) is 24.8. The molecule has 0 aliphatic carbocycles. The van der Waals surface area contributed by atoms with Crippen LogP contribution in [0, 0.1) is 0 Å². The summed E-state index contributed by atoms with van der Waals surface area (Å²) >= 11 is 1.01. The molecule has 8 heteroatoms. The Morgan fingerprint density at radius 3 is 2.34 bits per heavy atom. The smallest absolute Gasteiger partial charge is 0.338 e. The first-order valence-electron chi connectivity index (χ1n) is 11.3. The Kier molecular flexibility index (Phi) is 7.51. The van der Waals surface area contributed by atoms with E-state index in [1.54, 1.807) is 49.5 Å². The van der Waals surface area contributed by atoms with Crippen LogP contribution >= 0.6 is 11.8 Å². The number of carbonyl (C=O) groups is 3. The Hall–Kier alpha value is -3.65. The molecule has 2 atom stereocenters. The van der Waals surface area contributed by atoms with E-state index in [0.717, 1.165) is 29.3 Å². The maximum atomic E-state index is 12.7. The lowest BCUT2D eigenvalue weighted by Gasteiger charge is -2.20. The lowest BCUT2D eigenvalue weighted by Crippen LogP contribution is -2.35. The Balaban J connectivity index is 1.44. The van der Waals surface area contributed by atoms with Crippen LogP contribution in [-0.2, 0) is 22.4 Å². The zero-order valence-electron chi connectivity index (χ0n) is 19.5. The highest BCUT2D eigenvalue weighted by atomic mass is 32.2. The molecule has 0 radical (unpaired) electrons. The van der Waals surface area contributed by atoms with E-state index in [0.29, 0.717) is 23.4 Å². The Morgan fingerprint density at radius 1 is 1.03 bits per heavy atom. The predicted molar refractivity (Wildman–Crippen MR) is 133 cm³/mol. The van der Waals surface area contributed by atoms with Gasteiger partial charge in [-0.1, -0.05) is 43.3 Å². The number of hydrogen-bond acceptors (Lipinski definition) is 7. The van der Waals surface area contributed by atoms with E-state index in [4.69, 9.17) is 9.47 Å². The number of nitrogens with zero attached hydrogens (tertiary/aromatic N) is 1. The fraction of sp³-hybridized carbons (Fsp3) is 0.259. The number of imide groups is 1. The zero-order valence-corrected chi connectivity index (χ0v) is 20.3. The molecule has 2 aromatic carbocycles. The highest BCUT2D eigenvalue weighted by Gasteiger charge is 2.43. The third kappa shape index (κ3) is 6.08. The summed E-state index contributed by atoms with van der Waals surface area (Å²) in [5.41, 5.74) is 3.04. The number of ether oxygens (including phenoxy) is 2. The van der Waals surface area contributed by atoms with Crippen molar-refractivity contribution >= 4 is 28.9 Å². The number of hydrogen-bond donors (Lipinski definition) is 1. The third-order valence-corrected chi connectivity index (χ3v) is 6.79. The van der Waals surface area contributed by atoms with Crippen LogP contribution in [0.15, 0.2) is 72.9 Å². The van der Waals surface area contributed by atoms with Gasteiger partial charge >= 0.3 is 5.97 Å². The summed E-state index contributed by atoms with van der Waals surface area (Å²) in [6.45, 7) is 3.89. The normalized spacial score (nSPS) is 18.1. The topological polar surface area (TPSA) is 94.6 Å². The predicted octanol–water partition coefficient (Wildman–Crippen LogP) is 4.91. The molecule has 35 heavy (non-hydrogen) atoms. The molecule has 2 unspecified atom stereocenters. The highest BCUT2D eigenvalue weighted by molar-refractivity contribution is 8.16. The molecule has 0 saturated carbocycles. The van der Waals surface area contributed by atoms with E-state index >= 15 is 0 Å². The van der Waals surface area contributed by atoms with Crippen molar-refractivity contribution in [3.8, 4) is 5.75 Å². The van der Waals surface area contributed by atoms with Crippen molar-refractivity contribution in [3.05, 3.63) is 95.3 Å². The summed E-state index contributed by atoms with van der Waals surface area (Å²) in [5, 5.41) is 2.01. The molecular weight excluding hydrogens is 464 g/mol. The fourth-order valence-corrected chi connectivity index (χ4v) is 4.60. The van der Waals surface area contributed by atoms with E-state index in [2.05, 4.69) is 10.3 Å². The van der Waals surface area contributed by atoms with Gasteiger partial charge in [-0.2, -0.15) is 0 Å². The van der Waals surface area contributed by atoms with Crippen LogP contribution < -0.4 is 10.1 Å². The molecule has 1 N–H and O–H groups in total. The Bertz CT molecular complexity index is 1200. The largest absolute Gasteiger partial charge is 0.489 e. The van der Waals surface area contributed by atoms with Crippen LogP contribution in [0.5, 0.6) is 5.75 Å². The number of thioether (sulfide) groups is 1. The first-order chi connectivity index (χ1) is 16.9. The number of nitrogens with one attached hydrogen (secondary N) is 1. The number of pyridine rings is 1. The molecule has 2 amide bonds. The lowest BCUT2D eigenvalue weighted by molar-refractivity contribution is -0.121. The van der Waals surface area contributed by atoms with Gasteiger partial charge in [0.25, 0.3) is 5.24 Å². The number of amides is 2. The highest BCUT2D eigenvalue weighted by Crippen LogP contribution is 2.35. The van der Waals surface area contributed by atoms with E-state index in [-0.39, 0.29) is 17.8 Å². The first kappa shape index (κ1) is 24.5. The molecule has 1 saturated heterocycles. The molecule has 1 aliphatic heterocycles. The van der Waals surface area contributed by atoms with Crippen LogP contribution in [0.4, 0.5) is 4.79 Å². The molecule has 1 fully saturated rings. The average molecular weight is 491 g/mol. The van der Waals surface area contributed by atoms with Crippen molar-refractivity contribution in [3.63, 3.8) is 0 Å². The summed E-state index contributed by atoms with van der Waals surface area (Å²) in [4.78, 5) is 40.8. The molecule has 3 aromatic rings. The summed E-state index contributed by atoms with van der Waals surface area (Å²) in [7, 11) is 0. The second-order valence-corrected chi connectivity index (χ2v) is 9.89. The summed E-state index contributed by atoms with van der Waals surface area (Å²) < 4.78 is 10.9. The summed E-state index contributed by atoms with van der Waals surface area (Å²) in [6, 6.07) is 19.9. The minimum atomic E-state index is -0.827. The van der Waals surface area contributed by atoms with Crippen LogP contribution in [0.2, 0.25) is 0 Å². The van der Waals surface area contributed by atoms with Gasteiger partial charge in [0.2, 0.25) is 5.91 Å². The van der Waals surface area contributed by atoms with Crippen LogP contribution in [0.25, 0.3) is 0 Å². The third-order valence-electron chi connectivity index (χ3n) is 5.72. The molecule has 0 bridgehead atoms. The number of rotatable bonds is 9. The van der Waals surface area contributed by atoms with Crippen molar-refractivity contribution in [2.45, 2.75) is 37.5 Å². The minimum Gasteiger partial charge on any atom is -0.489 e. The standard InChI is InChI=1S/C27H26N2O5S/c1-3-18-11-14-22(28-16-18)23(34-24(30)20-7-5-4-6-8-20)17-33-21-12-9-19(10-13-21)15-27(2)25(31)29-26(32)35-27/h4-14,16,23H,3,15,17H2,1-2H3,(H,29,31,32). The molecule has 0 spiro atoms. The van der Waals surface area contributed by atoms with Crippen LogP contribution in [-0.4, -0.2) is 33.5 Å². The Morgan fingerprint density at radius 2 is 1.74 bits per heavy atom. The van der Waals surface area contributed by atoms with E-state index < -0.39 is 16.8 Å². The van der Waals surface area contributed by atoms with Crippen molar-refractivity contribution in [2.24, 2.45) is 0 Å². The number of aryl methyl sites for hydroxylation is 1. The number of benzene rings is 2. The van der Waals surface area contributed by atoms with Gasteiger partial charge in [0.05, 0.1) is 11.3 Å². The molecule has 2 heterocycles.